The van der Waals surface area contributed by atoms with Crippen LogP contribution in [0.4, 0.5) is 0 Å². The van der Waals surface area contributed by atoms with Crippen LogP contribution in [0.1, 0.15) is 71.6 Å². The van der Waals surface area contributed by atoms with Gasteiger partial charge in [0.25, 0.3) is 5.91 Å². The molecule has 0 spiro atoms. The molecular formula is C26H28N2O2. The van der Waals surface area contributed by atoms with Crippen molar-refractivity contribution < 1.29 is 9.59 Å². The van der Waals surface area contributed by atoms with E-state index in [1.165, 1.54) is 11.1 Å². The van der Waals surface area contributed by atoms with Crippen LogP contribution in [0.15, 0.2) is 54.6 Å². The van der Waals surface area contributed by atoms with E-state index in [1.807, 2.05) is 30.3 Å². The van der Waals surface area contributed by atoms with E-state index in [0.717, 1.165) is 50.5 Å². The zero-order chi connectivity index (χ0) is 20.5. The molecule has 3 aliphatic carbocycles. The van der Waals surface area contributed by atoms with Crippen LogP contribution in [-0.4, -0.2) is 28.8 Å². The van der Waals surface area contributed by atoms with Gasteiger partial charge in [0.15, 0.2) is 0 Å². The second-order valence-electron chi connectivity index (χ2n) is 8.79. The lowest BCUT2D eigenvalue weighted by atomic mass is 9.86. The molecule has 4 heteroatoms. The van der Waals surface area contributed by atoms with Gasteiger partial charge >= 0.3 is 0 Å². The molecule has 2 saturated carbocycles. The number of fused-ring (bicyclic) bond motifs is 1. The van der Waals surface area contributed by atoms with E-state index >= 15 is 0 Å². The highest BCUT2D eigenvalue weighted by Crippen LogP contribution is 2.40. The van der Waals surface area contributed by atoms with Crippen LogP contribution < -0.4 is 5.32 Å². The van der Waals surface area contributed by atoms with Gasteiger partial charge in [-0.05, 0) is 79.8 Å². The van der Waals surface area contributed by atoms with Gasteiger partial charge < -0.3 is 10.2 Å². The summed E-state index contributed by atoms with van der Waals surface area (Å²) in [5, 5.41) is 3.00. The quantitative estimate of drug-likeness (QED) is 0.717. The van der Waals surface area contributed by atoms with E-state index in [-0.39, 0.29) is 17.9 Å². The summed E-state index contributed by atoms with van der Waals surface area (Å²) >= 11 is 0. The van der Waals surface area contributed by atoms with Crippen LogP contribution in [0.5, 0.6) is 0 Å². The summed E-state index contributed by atoms with van der Waals surface area (Å²) in [6, 6.07) is 17.0. The van der Waals surface area contributed by atoms with E-state index in [1.54, 1.807) is 6.08 Å². The summed E-state index contributed by atoms with van der Waals surface area (Å²) in [6.07, 6.45) is 11.2. The number of benzene rings is 2. The molecular weight excluding hydrogens is 372 g/mol. The minimum atomic E-state index is -0.0139. The molecule has 0 radical (unpaired) electrons. The number of nitrogens with zero attached hydrogens (tertiary/aromatic N) is 1. The van der Waals surface area contributed by atoms with E-state index in [9.17, 15) is 9.59 Å². The molecule has 2 fully saturated rings. The Labute approximate surface area is 178 Å². The molecule has 0 saturated heterocycles. The van der Waals surface area contributed by atoms with Crippen LogP contribution in [0.25, 0.3) is 6.08 Å². The van der Waals surface area contributed by atoms with Crippen molar-refractivity contribution in [2.24, 2.45) is 0 Å². The first kappa shape index (κ1) is 19.1. The summed E-state index contributed by atoms with van der Waals surface area (Å²) < 4.78 is 0. The zero-order valence-corrected chi connectivity index (χ0v) is 17.2. The molecule has 2 aromatic carbocycles. The van der Waals surface area contributed by atoms with Crippen LogP contribution in [0.2, 0.25) is 0 Å². The van der Waals surface area contributed by atoms with Crippen LogP contribution in [-0.2, 0) is 11.2 Å². The third kappa shape index (κ3) is 4.18. The van der Waals surface area contributed by atoms with Crippen molar-refractivity contribution >= 4 is 17.9 Å². The largest absolute Gasteiger partial charge is 0.349 e. The number of nitrogens with one attached hydrogen (secondary N) is 1. The van der Waals surface area contributed by atoms with Gasteiger partial charge in [-0.1, -0.05) is 36.4 Å². The lowest BCUT2D eigenvalue weighted by Crippen LogP contribution is -2.37. The van der Waals surface area contributed by atoms with E-state index in [0.29, 0.717) is 17.6 Å². The first-order chi connectivity index (χ1) is 14.7. The Morgan fingerprint density at radius 2 is 1.70 bits per heavy atom. The van der Waals surface area contributed by atoms with Crippen molar-refractivity contribution in [2.45, 2.75) is 63.1 Å². The van der Waals surface area contributed by atoms with Crippen LogP contribution in [0.3, 0.4) is 0 Å². The predicted molar refractivity (Wildman–Crippen MR) is 118 cm³/mol. The SMILES string of the molecule is O=C(NC1CC1)c1ccc(/C=C/C(=O)N(C2CC2)C2CCCc3ccccc32)cc1. The summed E-state index contributed by atoms with van der Waals surface area (Å²) in [4.78, 5) is 27.4. The first-order valence-corrected chi connectivity index (χ1v) is 11.2. The van der Waals surface area contributed by atoms with Gasteiger partial charge in [-0.2, -0.15) is 0 Å². The maximum Gasteiger partial charge on any atom is 0.251 e. The number of carbonyl (C=O) groups excluding carboxylic acids is 2. The standard InChI is InChI=1S/C26H28N2O2/c29-25(17-10-18-8-11-20(12-9-18)26(30)27-21-13-14-21)28(22-15-16-22)24-7-3-5-19-4-1-2-6-23(19)24/h1-2,4,6,8-12,17,21-22,24H,3,5,7,13-16H2,(H,27,30)/b17-10+. The second-order valence-corrected chi connectivity index (χ2v) is 8.79. The molecule has 4 nitrogen and oxygen atoms in total. The van der Waals surface area contributed by atoms with Gasteiger partial charge in [-0.15, -0.1) is 0 Å². The minimum Gasteiger partial charge on any atom is -0.349 e. The van der Waals surface area contributed by atoms with E-state index in [2.05, 4.69) is 34.5 Å². The third-order valence-electron chi connectivity index (χ3n) is 6.37. The predicted octanol–water partition coefficient (Wildman–Crippen LogP) is 4.66. The summed E-state index contributed by atoms with van der Waals surface area (Å²) in [5.41, 5.74) is 4.31. The van der Waals surface area contributed by atoms with Crippen molar-refractivity contribution in [1.29, 1.82) is 0 Å². The van der Waals surface area contributed by atoms with Crippen molar-refractivity contribution in [3.05, 3.63) is 76.9 Å². The Morgan fingerprint density at radius 1 is 0.933 bits per heavy atom. The molecule has 1 N–H and O–H groups in total. The van der Waals surface area contributed by atoms with Crippen molar-refractivity contribution in [3.8, 4) is 0 Å². The summed E-state index contributed by atoms with van der Waals surface area (Å²) in [5.74, 6) is 0.0785. The fourth-order valence-electron chi connectivity index (χ4n) is 4.45. The fraction of sp³-hybridized carbons (Fsp3) is 0.385. The molecule has 1 unspecified atom stereocenters. The third-order valence-corrected chi connectivity index (χ3v) is 6.37. The highest BCUT2D eigenvalue weighted by atomic mass is 16.2. The fourth-order valence-corrected chi connectivity index (χ4v) is 4.45. The minimum absolute atomic E-state index is 0.0139. The molecule has 30 heavy (non-hydrogen) atoms. The second kappa shape index (κ2) is 8.10. The number of hydrogen-bond acceptors (Lipinski definition) is 2. The van der Waals surface area contributed by atoms with Crippen molar-refractivity contribution in [2.75, 3.05) is 0 Å². The first-order valence-electron chi connectivity index (χ1n) is 11.2. The van der Waals surface area contributed by atoms with Gasteiger partial charge in [0.2, 0.25) is 5.91 Å². The van der Waals surface area contributed by atoms with Gasteiger partial charge in [-0.25, -0.2) is 0 Å². The molecule has 154 valence electrons. The molecule has 1 atom stereocenters. The van der Waals surface area contributed by atoms with Crippen LogP contribution in [0, 0.1) is 0 Å². The molecule has 2 amide bonds. The molecule has 0 aromatic heterocycles. The maximum atomic E-state index is 13.2. The topological polar surface area (TPSA) is 49.4 Å². The van der Waals surface area contributed by atoms with Crippen molar-refractivity contribution in [1.82, 2.24) is 10.2 Å². The normalized spacial score (nSPS) is 20.6. The highest BCUT2D eigenvalue weighted by molar-refractivity contribution is 5.95. The number of aryl methyl sites for hydroxylation is 1. The van der Waals surface area contributed by atoms with Crippen molar-refractivity contribution in [3.63, 3.8) is 0 Å². The molecule has 0 bridgehead atoms. The molecule has 2 aromatic rings. The van der Waals surface area contributed by atoms with Gasteiger partial charge in [0, 0.05) is 23.7 Å². The Balaban J connectivity index is 1.30. The average molecular weight is 401 g/mol. The molecule has 5 rings (SSSR count). The zero-order valence-electron chi connectivity index (χ0n) is 17.2. The van der Waals surface area contributed by atoms with Gasteiger partial charge in [0.1, 0.15) is 0 Å². The van der Waals surface area contributed by atoms with E-state index < -0.39 is 0 Å². The Hall–Kier alpha value is -2.88. The maximum absolute atomic E-state index is 13.2. The number of rotatable bonds is 6. The highest BCUT2D eigenvalue weighted by Gasteiger charge is 2.38. The average Bonchev–Trinajstić information content (AvgIpc) is 3.69. The summed E-state index contributed by atoms with van der Waals surface area (Å²) in [7, 11) is 0. The molecule has 0 aliphatic heterocycles. The summed E-state index contributed by atoms with van der Waals surface area (Å²) in [6.45, 7) is 0. The smallest absolute Gasteiger partial charge is 0.251 e. The lowest BCUT2D eigenvalue weighted by Gasteiger charge is -2.35. The number of carbonyl (C=O) groups is 2. The van der Waals surface area contributed by atoms with Gasteiger partial charge in [-0.3, -0.25) is 9.59 Å². The Morgan fingerprint density at radius 3 is 2.43 bits per heavy atom. The van der Waals surface area contributed by atoms with Crippen LogP contribution >= 0.6 is 0 Å². The number of hydrogen-bond donors (Lipinski definition) is 1. The van der Waals surface area contributed by atoms with E-state index in [4.69, 9.17) is 0 Å². The Kier molecular flexibility index (Phi) is 5.16. The molecule has 3 aliphatic rings. The number of amides is 2. The lowest BCUT2D eigenvalue weighted by molar-refractivity contribution is -0.129. The van der Waals surface area contributed by atoms with Gasteiger partial charge in [0.05, 0.1) is 6.04 Å². The monoisotopic (exact) mass is 400 g/mol. The Bertz CT molecular complexity index is 971. The molecule has 0 heterocycles.